The van der Waals surface area contributed by atoms with Crippen LogP contribution in [0.15, 0.2) is 30.3 Å². The van der Waals surface area contributed by atoms with Gasteiger partial charge in [0.2, 0.25) is 0 Å². The van der Waals surface area contributed by atoms with E-state index in [4.69, 9.17) is 13.9 Å². The molecule has 33 heavy (non-hydrogen) atoms. The lowest BCUT2D eigenvalue weighted by atomic mass is 9.92. The summed E-state index contributed by atoms with van der Waals surface area (Å²) >= 11 is 0. The molecule has 2 aromatic carbocycles. The summed E-state index contributed by atoms with van der Waals surface area (Å²) in [5, 5.41) is 11.3. The lowest BCUT2D eigenvalue weighted by Gasteiger charge is -2.42. The van der Waals surface area contributed by atoms with Gasteiger partial charge in [0.05, 0.1) is 0 Å². The smallest absolute Gasteiger partial charge is 0.258 e. The fraction of sp³-hybridized carbons (Fsp3) is 0.571. The van der Waals surface area contributed by atoms with E-state index in [1.165, 1.54) is 0 Å². The maximum absolute atomic E-state index is 11.3. The first kappa shape index (κ1) is 27.4. The SMILES string of the molecule is CCc1cc(C(O)c2c(C)cc(O[Si](C(C)C)(C(C)C)C(C)C)cc2C)ccc1OCOC. The van der Waals surface area contributed by atoms with E-state index in [0.29, 0.717) is 16.6 Å². The molecule has 1 unspecified atom stereocenters. The van der Waals surface area contributed by atoms with E-state index in [-0.39, 0.29) is 6.79 Å². The first-order chi connectivity index (χ1) is 15.5. The minimum absolute atomic E-state index is 0.211. The molecule has 0 radical (unpaired) electrons. The minimum Gasteiger partial charge on any atom is -0.543 e. The van der Waals surface area contributed by atoms with Crippen LogP contribution < -0.4 is 9.16 Å². The summed E-state index contributed by atoms with van der Waals surface area (Å²) in [7, 11) is -0.429. The van der Waals surface area contributed by atoms with Crippen LogP contribution in [-0.4, -0.2) is 27.3 Å². The van der Waals surface area contributed by atoms with Gasteiger partial charge < -0.3 is 19.0 Å². The standard InChI is InChI=1S/C28H44O4Si/c1-11-23-16-24(12-13-26(23)31-17-30-10)28(29)27-21(8)14-25(15-22(27)9)32-33(18(2)3,19(4)5)20(6)7/h12-16,18-20,28-29H,11,17H2,1-10H3. The Balaban J connectivity index is 2.42. The fourth-order valence-electron chi connectivity index (χ4n) is 5.46. The van der Waals surface area contributed by atoms with Crippen molar-refractivity contribution in [1.29, 1.82) is 0 Å². The highest BCUT2D eigenvalue weighted by Gasteiger charge is 2.47. The topological polar surface area (TPSA) is 47.9 Å². The molecule has 0 spiro atoms. The molecule has 0 aliphatic carbocycles. The zero-order valence-corrected chi connectivity index (χ0v) is 23.3. The van der Waals surface area contributed by atoms with Crippen LogP contribution in [0.4, 0.5) is 0 Å². The molecule has 0 saturated carbocycles. The summed E-state index contributed by atoms with van der Waals surface area (Å²) in [6.45, 7) is 20.2. The van der Waals surface area contributed by atoms with E-state index in [2.05, 4.69) is 74.4 Å². The van der Waals surface area contributed by atoms with Crippen molar-refractivity contribution in [2.45, 2.75) is 91.5 Å². The summed E-state index contributed by atoms with van der Waals surface area (Å²) in [5.41, 5.74) is 6.50. The van der Waals surface area contributed by atoms with Crippen molar-refractivity contribution in [2.24, 2.45) is 0 Å². The number of rotatable bonds is 11. The molecule has 0 aliphatic heterocycles. The Hall–Kier alpha value is -1.82. The zero-order valence-electron chi connectivity index (χ0n) is 22.3. The maximum Gasteiger partial charge on any atom is 0.258 e. The van der Waals surface area contributed by atoms with Crippen molar-refractivity contribution in [1.82, 2.24) is 0 Å². The highest BCUT2D eigenvalue weighted by Crippen LogP contribution is 2.43. The normalized spacial score (nSPS) is 13.2. The van der Waals surface area contributed by atoms with Crippen molar-refractivity contribution in [3.63, 3.8) is 0 Å². The van der Waals surface area contributed by atoms with Gasteiger partial charge in [0.15, 0.2) is 6.79 Å². The predicted octanol–water partition coefficient (Wildman–Crippen LogP) is 7.48. The molecule has 0 fully saturated rings. The number of aryl methyl sites for hydroxylation is 3. The Bertz CT molecular complexity index is 875. The van der Waals surface area contributed by atoms with Crippen LogP contribution in [0.25, 0.3) is 0 Å². The molecule has 0 bridgehead atoms. The number of benzene rings is 2. The van der Waals surface area contributed by atoms with E-state index in [0.717, 1.165) is 45.7 Å². The van der Waals surface area contributed by atoms with Gasteiger partial charge in [-0.05, 0) is 89.0 Å². The van der Waals surface area contributed by atoms with Gasteiger partial charge in [0.25, 0.3) is 8.32 Å². The second kappa shape index (κ2) is 11.5. The van der Waals surface area contributed by atoms with Gasteiger partial charge in [-0.1, -0.05) is 54.5 Å². The van der Waals surface area contributed by atoms with Crippen LogP contribution in [0.2, 0.25) is 16.6 Å². The number of hydrogen-bond acceptors (Lipinski definition) is 4. The van der Waals surface area contributed by atoms with Gasteiger partial charge in [0, 0.05) is 7.11 Å². The average molecular weight is 473 g/mol. The number of ether oxygens (including phenoxy) is 2. The van der Waals surface area contributed by atoms with Crippen LogP contribution in [0.1, 0.15) is 82.4 Å². The Labute approximate surface area is 202 Å². The monoisotopic (exact) mass is 472 g/mol. The van der Waals surface area contributed by atoms with Crippen LogP contribution in [0.3, 0.4) is 0 Å². The molecule has 5 heteroatoms. The predicted molar refractivity (Wildman–Crippen MR) is 140 cm³/mol. The first-order valence-electron chi connectivity index (χ1n) is 12.2. The summed E-state index contributed by atoms with van der Waals surface area (Å²) in [5.74, 6) is 1.73. The molecule has 0 aliphatic rings. The lowest BCUT2D eigenvalue weighted by molar-refractivity contribution is 0.0504. The number of hydrogen-bond donors (Lipinski definition) is 1. The van der Waals surface area contributed by atoms with Gasteiger partial charge in [-0.2, -0.15) is 0 Å². The van der Waals surface area contributed by atoms with E-state index < -0.39 is 14.4 Å². The number of aliphatic hydroxyl groups is 1. The Morgan fingerprint density at radius 3 is 1.88 bits per heavy atom. The molecule has 2 rings (SSSR count). The van der Waals surface area contributed by atoms with Gasteiger partial charge in [0.1, 0.15) is 17.6 Å². The molecule has 1 atom stereocenters. The third-order valence-electron chi connectivity index (χ3n) is 6.96. The Morgan fingerprint density at radius 2 is 1.42 bits per heavy atom. The summed E-state index contributed by atoms with van der Waals surface area (Å²) in [6, 6.07) is 10.1. The molecule has 184 valence electrons. The molecule has 4 nitrogen and oxygen atoms in total. The largest absolute Gasteiger partial charge is 0.543 e. The molecule has 0 amide bonds. The molecule has 2 aromatic rings. The van der Waals surface area contributed by atoms with Crippen molar-refractivity contribution < 1.29 is 19.0 Å². The molecule has 0 aromatic heterocycles. The second-order valence-electron chi connectivity index (χ2n) is 10.1. The molecule has 0 saturated heterocycles. The van der Waals surface area contributed by atoms with Crippen LogP contribution in [0.5, 0.6) is 11.5 Å². The van der Waals surface area contributed by atoms with E-state index in [1.54, 1.807) is 7.11 Å². The first-order valence-corrected chi connectivity index (χ1v) is 14.4. The zero-order chi connectivity index (χ0) is 24.9. The summed E-state index contributed by atoms with van der Waals surface area (Å²) in [6.07, 6.45) is 0.111. The summed E-state index contributed by atoms with van der Waals surface area (Å²) < 4.78 is 17.6. The van der Waals surface area contributed by atoms with Crippen molar-refractivity contribution in [3.8, 4) is 11.5 Å². The van der Waals surface area contributed by atoms with Gasteiger partial charge >= 0.3 is 0 Å². The highest BCUT2D eigenvalue weighted by atomic mass is 28.4. The molecule has 0 heterocycles. The Kier molecular flexibility index (Phi) is 9.59. The molecule has 1 N–H and O–H groups in total. The van der Waals surface area contributed by atoms with Crippen molar-refractivity contribution >= 4 is 8.32 Å². The number of aliphatic hydroxyl groups excluding tert-OH is 1. The van der Waals surface area contributed by atoms with Crippen LogP contribution in [0, 0.1) is 13.8 Å². The third kappa shape index (κ3) is 5.82. The average Bonchev–Trinajstić information content (AvgIpc) is 2.74. The fourth-order valence-corrected chi connectivity index (χ4v) is 10.7. The van der Waals surface area contributed by atoms with Gasteiger partial charge in [-0.15, -0.1) is 0 Å². The van der Waals surface area contributed by atoms with Crippen molar-refractivity contribution in [3.05, 3.63) is 58.1 Å². The van der Waals surface area contributed by atoms with Crippen LogP contribution >= 0.6 is 0 Å². The lowest BCUT2D eigenvalue weighted by Crippen LogP contribution is -2.50. The summed E-state index contributed by atoms with van der Waals surface area (Å²) in [4.78, 5) is 0. The minimum atomic E-state index is -2.04. The van der Waals surface area contributed by atoms with E-state index in [1.807, 2.05) is 18.2 Å². The maximum atomic E-state index is 11.3. The van der Waals surface area contributed by atoms with Crippen LogP contribution in [-0.2, 0) is 11.2 Å². The highest BCUT2D eigenvalue weighted by molar-refractivity contribution is 6.78. The van der Waals surface area contributed by atoms with Gasteiger partial charge in [-0.25, -0.2) is 0 Å². The van der Waals surface area contributed by atoms with Gasteiger partial charge in [-0.3, -0.25) is 0 Å². The number of methoxy groups -OCH3 is 1. The third-order valence-corrected chi connectivity index (χ3v) is 13.0. The van der Waals surface area contributed by atoms with E-state index >= 15 is 0 Å². The van der Waals surface area contributed by atoms with E-state index in [9.17, 15) is 5.11 Å². The molecular formula is C28H44O4Si. The quantitative estimate of drug-likeness (QED) is 0.272. The second-order valence-corrected chi connectivity index (χ2v) is 15.4. The van der Waals surface area contributed by atoms with Crippen molar-refractivity contribution in [2.75, 3.05) is 13.9 Å². The Morgan fingerprint density at radius 1 is 0.879 bits per heavy atom. The molecular weight excluding hydrogens is 428 g/mol.